The molecule has 1 aliphatic heterocycles. The molecule has 146 valence electrons. The Balaban J connectivity index is 1.68. The Labute approximate surface area is 163 Å². The van der Waals surface area contributed by atoms with Gasteiger partial charge in [-0.25, -0.2) is 4.98 Å². The lowest BCUT2D eigenvalue weighted by Crippen LogP contribution is -2.39. The third-order valence-electron chi connectivity index (χ3n) is 5.58. The number of piperidine rings is 1. The molecule has 3 rings (SSSR count). The van der Waals surface area contributed by atoms with Gasteiger partial charge in [0.25, 0.3) is 5.91 Å². The predicted molar refractivity (Wildman–Crippen MR) is 109 cm³/mol. The Hall–Kier alpha value is -2.14. The summed E-state index contributed by atoms with van der Waals surface area (Å²) in [5.74, 6) is 1.60. The molecular weight excluding hydrogens is 336 g/mol. The van der Waals surface area contributed by atoms with Crippen LogP contribution in [0.5, 0.6) is 0 Å². The molecule has 1 aromatic heterocycles. The van der Waals surface area contributed by atoms with E-state index in [0.29, 0.717) is 5.92 Å². The number of hydrogen-bond donors (Lipinski definition) is 0. The summed E-state index contributed by atoms with van der Waals surface area (Å²) in [5, 5.41) is 0. The maximum absolute atomic E-state index is 13.0. The minimum absolute atomic E-state index is 0.147. The highest BCUT2D eigenvalue weighted by Crippen LogP contribution is 2.27. The fourth-order valence-corrected chi connectivity index (χ4v) is 3.86. The lowest BCUT2D eigenvalue weighted by atomic mass is 9.96. The molecule has 0 saturated carbocycles. The van der Waals surface area contributed by atoms with Gasteiger partial charge in [-0.05, 0) is 77.0 Å². The van der Waals surface area contributed by atoms with E-state index in [4.69, 9.17) is 0 Å². The van der Waals surface area contributed by atoms with Crippen molar-refractivity contribution in [3.05, 3.63) is 53.1 Å². The maximum atomic E-state index is 13.0. The van der Waals surface area contributed by atoms with Crippen LogP contribution in [0.4, 0.5) is 0 Å². The largest absolute Gasteiger partial charge is 0.338 e. The molecular formula is C22H32N4O. The van der Waals surface area contributed by atoms with Crippen LogP contribution >= 0.6 is 0 Å². The van der Waals surface area contributed by atoms with Crippen molar-refractivity contribution in [1.29, 1.82) is 0 Å². The molecule has 1 aliphatic rings. The van der Waals surface area contributed by atoms with Crippen LogP contribution in [0.3, 0.4) is 0 Å². The SMILES string of the molecule is Cc1ccc(C(=O)N2CCC[C@H](c3nccn3CCCN(C)C)C2)cc1C. The highest BCUT2D eigenvalue weighted by molar-refractivity contribution is 5.94. The van der Waals surface area contributed by atoms with E-state index in [1.807, 2.05) is 29.3 Å². The number of hydrogen-bond acceptors (Lipinski definition) is 3. The summed E-state index contributed by atoms with van der Waals surface area (Å²) in [7, 11) is 4.21. The minimum atomic E-state index is 0.147. The molecule has 1 aromatic carbocycles. The third-order valence-corrected chi connectivity index (χ3v) is 5.58. The van der Waals surface area contributed by atoms with Gasteiger partial charge in [-0.15, -0.1) is 0 Å². The van der Waals surface area contributed by atoms with E-state index in [1.54, 1.807) is 0 Å². The Morgan fingerprint density at radius 1 is 1.26 bits per heavy atom. The lowest BCUT2D eigenvalue weighted by molar-refractivity contribution is 0.0703. The van der Waals surface area contributed by atoms with Crippen molar-refractivity contribution in [3.63, 3.8) is 0 Å². The van der Waals surface area contributed by atoms with Gasteiger partial charge < -0.3 is 14.4 Å². The highest BCUT2D eigenvalue weighted by atomic mass is 16.2. The average Bonchev–Trinajstić information content (AvgIpc) is 3.12. The number of likely N-dealkylation sites (tertiary alicyclic amines) is 1. The fraction of sp³-hybridized carbons (Fsp3) is 0.545. The summed E-state index contributed by atoms with van der Waals surface area (Å²) in [6, 6.07) is 6.02. The summed E-state index contributed by atoms with van der Waals surface area (Å²) < 4.78 is 2.28. The molecule has 0 spiro atoms. The van der Waals surface area contributed by atoms with Crippen LogP contribution in [-0.4, -0.2) is 59.0 Å². The molecule has 1 amide bonds. The van der Waals surface area contributed by atoms with Crippen LogP contribution in [-0.2, 0) is 6.54 Å². The van der Waals surface area contributed by atoms with Gasteiger partial charge in [0, 0.05) is 43.5 Å². The van der Waals surface area contributed by atoms with Crippen molar-refractivity contribution in [1.82, 2.24) is 19.4 Å². The second-order valence-corrected chi connectivity index (χ2v) is 8.03. The number of amides is 1. The molecule has 27 heavy (non-hydrogen) atoms. The van der Waals surface area contributed by atoms with Gasteiger partial charge in [0.2, 0.25) is 0 Å². The number of nitrogens with zero attached hydrogens (tertiary/aromatic N) is 4. The van der Waals surface area contributed by atoms with Gasteiger partial charge in [0.1, 0.15) is 5.82 Å². The zero-order valence-electron chi connectivity index (χ0n) is 17.1. The van der Waals surface area contributed by atoms with Crippen LogP contribution in [0.15, 0.2) is 30.6 Å². The number of aryl methyl sites for hydroxylation is 3. The molecule has 0 bridgehead atoms. The van der Waals surface area contributed by atoms with Crippen molar-refractivity contribution >= 4 is 5.91 Å². The third kappa shape index (κ3) is 4.78. The van der Waals surface area contributed by atoms with Crippen LogP contribution < -0.4 is 0 Å². The monoisotopic (exact) mass is 368 g/mol. The van der Waals surface area contributed by atoms with Crippen molar-refractivity contribution < 1.29 is 4.79 Å². The summed E-state index contributed by atoms with van der Waals surface area (Å²) in [6.45, 7) is 7.79. The van der Waals surface area contributed by atoms with Gasteiger partial charge >= 0.3 is 0 Å². The molecule has 0 radical (unpaired) electrons. The topological polar surface area (TPSA) is 41.4 Å². The molecule has 0 aliphatic carbocycles. The van der Waals surface area contributed by atoms with E-state index in [2.05, 4.69) is 48.6 Å². The van der Waals surface area contributed by atoms with Crippen molar-refractivity contribution in [2.45, 2.75) is 45.6 Å². The summed E-state index contributed by atoms with van der Waals surface area (Å²) >= 11 is 0. The number of carbonyl (C=O) groups excluding carboxylic acids is 1. The Morgan fingerprint density at radius 2 is 2.07 bits per heavy atom. The van der Waals surface area contributed by atoms with Crippen LogP contribution in [0.1, 0.15) is 52.5 Å². The standard InChI is InChI=1S/C22H32N4O/c1-17-8-9-19(15-18(17)2)22(27)26-12-5-7-20(16-26)21-23-10-14-25(21)13-6-11-24(3)4/h8-10,14-15,20H,5-7,11-13,16H2,1-4H3/t20-/m0/s1. The Bertz CT molecular complexity index is 780. The Kier molecular flexibility index (Phi) is 6.32. The summed E-state index contributed by atoms with van der Waals surface area (Å²) in [5.41, 5.74) is 3.20. The number of benzene rings is 1. The Morgan fingerprint density at radius 3 is 2.81 bits per heavy atom. The minimum Gasteiger partial charge on any atom is -0.338 e. The van der Waals surface area contributed by atoms with Gasteiger partial charge in [-0.2, -0.15) is 0 Å². The quantitative estimate of drug-likeness (QED) is 0.784. The molecule has 1 saturated heterocycles. The van der Waals surface area contributed by atoms with E-state index in [1.165, 1.54) is 11.1 Å². The molecule has 0 unspecified atom stereocenters. The van der Waals surface area contributed by atoms with Gasteiger partial charge in [0.15, 0.2) is 0 Å². The summed E-state index contributed by atoms with van der Waals surface area (Å²) in [4.78, 5) is 21.9. The summed E-state index contributed by atoms with van der Waals surface area (Å²) in [6.07, 6.45) is 7.21. The molecule has 2 heterocycles. The number of aromatic nitrogens is 2. The van der Waals surface area contributed by atoms with E-state index in [9.17, 15) is 4.79 Å². The zero-order valence-corrected chi connectivity index (χ0v) is 17.1. The predicted octanol–water partition coefficient (Wildman–Crippen LogP) is 3.47. The molecule has 5 nitrogen and oxygen atoms in total. The first-order valence-corrected chi connectivity index (χ1v) is 9.98. The van der Waals surface area contributed by atoms with E-state index in [-0.39, 0.29) is 5.91 Å². The lowest BCUT2D eigenvalue weighted by Gasteiger charge is -2.33. The van der Waals surface area contributed by atoms with Crippen molar-refractivity contribution in [2.75, 3.05) is 33.7 Å². The van der Waals surface area contributed by atoms with Crippen molar-refractivity contribution in [3.8, 4) is 0 Å². The first-order valence-electron chi connectivity index (χ1n) is 9.98. The zero-order chi connectivity index (χ0) is 19.4. The molecule has 1 atom stereocenters. The first kappa shape index (κ1) is 19.6. The molecule has 0 N–H and O–H groups in total. The second kappa shape index (κ2) is 8.70. The van der Waals surface area contributed by atoms with E-state index >= 15 is 0 Å². The average molecular weight is 369 g/mol. The van der Waals surface area contributed by atoms with Crippen LogP contribution in [0.2, 0.25) is 0 Å². The van der Waals surface area contributed by atoms with Crippen LogP contribution in [0.25, 0.3) is 0 Å². The second-order valence-electron chi connectivity index (χ2n) is 8.03. The van der Waals surface area contributed by atoms with E-state index in [0.717, 1.165) is 56.8 Å². The van der Waals surface area contributed by atoms with Gasteiger partial charge in [-0.3, -0.25) is 4.79 Å². The number of imidazole rings is 1. The highest BCUT2D eigenvalue weighted by Gasteiger charge is 2.28. The number of carbonyl (C=O) groups is 1. The molecule has 1 fully saturated rings. The van der Waals surface area contributed by atoms with Gasteiger partial charge in [0.05, 0.1) is 0 Å². The normalized spacial score (nSPS) is 17.5. The number of rotatable bonds is 6. The molecule has 2 aromatic rings. The van der Waals surface area contributed by atoms with Crippen molar-refractivity contribution in [2.24, 2.45) is 0 Å². The smallest absolute Gasteiger partial charge is 0.253 e. The van der Waals surface area contributed by atoms with Gasteiger partial charge in [-0.1, -0.05) is 6.07 Å². The van der Waals surface area contributed by atoms with E-state index < -0.39 is 0 Å². The first-order chi connectivity index (χ1) is 13.0. The molecule has 5 heteroatoms. The fourth-order valence-electron chi connectivity index (χ4n) is 3.86. The maximum Gasteiger partial charge on any atom is 0.253 e. The van der Waals surface area contributed by atoms with Crippen LogP contribution in [0, 0.1) is 13.8 Å².